The topological polar surface area (TPSA) is 84.0 Å². The van der Waals surface area contributed by atoms with Crippen molar-refractivity contribution in [2.24, 2.45) is 5.92 Å². The third kappa shape index (κ3) is 4.45. The molecule has 1 heterocycles. The van der Waals surface area contributed by atoms with Crippen LogP contribution in [0.1, 0.15) is 38.4 Å². The van der Waals surface area contributed by atoms with Crippen LogP contribution in [0.5, 0.6) is 0 Å². The number of aromatic nitrogens is 2. The first-order chi connectivity index (χ1) is 12.5. The van der Waals surface area contributed by atoms with Crippen LogP contribution in [0.15, 0.2) is 36.5 Å². The van der Waals surface area contributed by atoms with Gasteiger partial charge in [0.1, 0.15) is 5.82 Å². The Kier molecular flexibility index (Phi) is 5.61. The minimum Gasteiger partial charge on any atom is -0.345 e. The van der Waals surface area contributed by atoms with Crippen molar-refractivity contribution in [3.8, 4) is 11.3 Å². The van der Waals surface area contributed by atoms with E-state index >= 15 is 0 Å². The summed E-state index contributed by atoms with van der Waals surface area (Å²) in [6, 6.07) is 9.18. The standard InChI is InChI=1S/C20H24N4O2/c1-13-6-3-4-9-17(13)24-20(26)19(25)23-16-8-5-7-15(12-16)18-10-11-21-14(2)22-18/h5,7-8,10-13,17H,3-4,6,9H2,1-2H3,(H,23,25)(H,24,26)/t13-,17-/m1/s1. The van der Waals surface area contributed by atoms with Gasteiger partial charge in [-0.3, -0.25) is 9.59 Å². The maximum Gasteiger partial charge on any atom is 0.313 e. The Labute approximate surface area is 153 Å². The van der Waals surface area contributed by atoms with Crippen LogP contribution in [0.4, 0.5) is 5.69 Å². The monoisotopic (exact) mass is 352 g/mol. The molecule has 0 saturated heterocycles. The molecular weight excluding hydrogens is 328 g/mol. The Morgan fingerprint density at radius 1 is 1.12 bits per heavy atom. The molecule has 1 saturated carbocycles. The second kappa shape index (κ2) is 8.08. The van der Waals surface area contributed by atoms with Gasteiger partial charge in [0.2, 0.25) is 0 Å². The summed E-state index contributed by atoms with van der Waals surface area (Å²) in [6.45, 7) is 3.95. The number of benzene rings is 1. The summed E-state index contributed by atoms with van der Waals surface area (Å²) in [4.78, 5) is 32.9. The van der Waals surface area contributed by atoms with E-state index in [4.69, 9.17) is 0 Å². The van der Waals surface area contributed by atoms with Crippen LogP contribution in [0, 0.1) is 12.8 Å². The lowest BCUT2D eigenvalue weighted by molar-refractivity contribution is -0.137. The van der Waals surface area contributed by atoms with E-state index in [1.807, 2.05) is 25.1 Å². The van der Waals surface area contributed by atoms with Crippen LogP contribution in [-0.4, -0.2) is 27.8 Å². The minimum absolute atomic E-state index is 0.0809. The molecule has 0 unspecified atom stereocenters. The quantitative estimate of drug-likeness (QED) is 0.832. The van der Waals surface area contributed by atoms with Crippen molar-refractivity contribution in [1.29, 1.82) is 0 Å². The number of amides is 2. The largest absolute Gasteiger partial charge is 0.345 e. The fourth-order valence-corrected chi connectivity index (χ4v) is 3.33. The molecule has 1 fully saturated rings. The predicted octanol–water partition coefficient (Wildman–Crippen LogP) is 3.09. The van der Waals surface area contributed by atoms with Crippen LogP contribution < -0.4 is 10.6 Å². The third-order valence-corrected chi connectivity index (χ3v) is 4.83. The first-order valence-corrected chi connectivity index (χ1v) is 9.05. The number of carbonyl (C=O) groups excluding carboxylic acids is 2. The van der Waals surface area contributed by atoms with Gasteiger partial charge in [-0.1, -0.05) is 31.9 Å². The van der Waals surface area contributed by atoms with Crippen molar-refractivity contribution in [3.63, 3.8) is 0 Å². The van der Waals surface area contributed by atoms with Crippen LogP contribution >= 0.6 is 0 Å². The van der Waals surface area contributed by atoms with E-state index in [-0.39, 0.29) is 6.04 Å². The molecule has 2 amide bonds. The molecule has 26 heavy (non-hydrogen) atoms. The lowest BCUT2D eigenvalue weighted by Gasteiger charge is -2.29. The minimum atomic E-state index is -0.640. The molecule has 2 atom stereocenters. The Hall–Kier alpha value is -2.76. The van der Waals surface area contributed by atoms with Crippen LogP contribution in [0.3, 0.4) is 0 Å². The van der Waals surface area contributed by atoms with E-state index in [0.29, 0.717) is 17.4 Å². The molecule has 0 bridgehead atoms. The lowest BCUT2D eigenvalue weighted by atomic mass is 9.86. The number of rotatable bonds is 3. The maximum atomic E-state index is 12.2. The van der Waals surface area contributed by atoms with Gasteiger partial charge in [-0.25, -0.2) is 9.97 Å². The van der Waals surface area contributed by atoms with E-state index in [2.05, 4.69) is 27.5 Å². The van der Waals surface area contributed by atoms with Crippen molar-refractivity contribution >= 4 is 17.5 Å². The summed E-state index contributed by atoms with van der Waals surface area (Å²) < 4.78 is 0. The van der Waals surface area contributed by atoms with E-state index in [1.54, 1.807) is 18.3 Å². The van der Waals surface area contributed by atoms with Gasteiger partial charge in [0.05, 0.1) is 5.69 Å². The van der Waals surface area contributed by atoms with Gasteiger partial charge in [0.15, 0.2) is 0 Å². The molecule has 0 aliphatic heterocycles. The Bertz CT molecular complexity index is 806. The number of hydrogen-bond acceptors (Lipinski definition) is 4. The Morgan fingerprint density at radius 3 is 2.69 bits per heavy atom. The third-order valence-electron chi connectivity index (χ3n) is 4.83. The van der Waals surface area contributed by atoms with Crippen LogP contribution in [0.25, 0.3) is 11.3 Å². The van der Waals surface area contributed by atoms with E-state index in [9.17, 15) is 9.59 Å². The molecule has 1 aliphatic rings. The summed E-state index contributed by atoms with van der Waals surface area (Å²) in [6.07, 6.45) is 6.00. The smallest absolute Gasteiger partial charge is 0.313 e. The van der Waals surface area contributed by atoms with E-state index in [0.717, 1.165) is 30.5 Å². The number of anilines is 1. The van der Waals surface area contributed by atoms with Crippen LogP contribution in [0.2, 0.25) is 0 Å². The fraction of sp³-hybridized carbons (Fsp3) is 0.400. The summed E-state index contributed by atoms with van der Waals surface area (Å²) in [5.74, 6) is -0.131. The summed E-state index contributed by atoms with van der Waals surface area (Å²) in [5.41, 5.74) is 2.19. The molecule has 136 valence electrons. The molecule has 1 aliphatic carbocycles. The molecule has 6 nitrogen and oxygen atoms in total. The van der Waals surface area contributed by atoms with Crippen molar-refractivity contribution in [1.82, 2.24) is 15.3 Å². The zero-order valence-electron chi connectivity index (χ0n) is 15.2. The number of carbonyl (C=O) groups is 2. The first kappa shape index (κ1) is 18.0. The molecular formula is C20H24N4O2. The Morgan fingerprint density at radius 2 is 1.92 bits per heavy atom. The van der Waals surface area contributed by atoms with Crippen molar-refractivity contribution < 1.29 is 9.59 Å². The normalized spacial score (nSPS) is 19.6. The fourth-order valence-electron chi connectivity index (χ4n) is 3.33. The molecule has 1 aromatic heterocycles. The second-order valence-corrected chi connectivity index (χ2v) is 6.87. The maximum absolute atomic E-state index is 12.2. The highest BCUT2D eigenvalue weighted by molar-refractivity contribution is 6.39. The average molecular weight is 352 g/mol. The number of hydrogen-bond donors (Lipinski definition) is 2. The predicted molar refractivity (Wildman–Crippen MR) is 100 cm³/mol. The molecule has 0 spiro atoms. The van der Waals surface area contributed by atoms with Gasteiger partial charge >= 0.3 is 11.8 Å². The molecule has 0 radical (unpaired) electrons. The van der Waals surface area contributed by atoms with E-state index < -0.39 is 11.8 Å². The molecule has 2 N–H and O–H groups in total. The van der Waals surface area contributed by atoms with Gasteiger partial charge in [0, 0.05) is 23.5 Å². The molecule has 3 rings (SSSR count). The molecule has 2 aromatic rings. The zero-order valence-corrected chi connectivity index (χ0v) is 15.2. The van der Waals surface area contributed by atoms with Gasteiger partial charge in [0.25, 0.3) is 0 Å². The zero-order chi connectivity index (χ0) is 18.5. The Balaban J connectivity index is 1.65. The number of nitrogens with zero attached hydrogens (tertiary/aromatic N) is 2. The second-order valence-electron chi connectivity index (χ2n) is 6.87. The van der Waals surface area contributed by atoms with Crippen LogP contribution in [-0.2, 0) is 9.59 Å². The summed E-state index contributed by atoms with van der Waals surface area (Å²) in [5, 5.41) is 5.55. The molecule has 1 aromatic carbocycles. The number of aryl methyl sites for hydroxylation is 1. The average Bonchev–Trinajstić information content (AvgIpc) is 2.64. The van der Waals surface area contributed by atoms with Crippen molar-refractivity contribution in [3.05, 3.63) is 42.4 Å². The highest BCUT2D eigenvalue weighted by Gasteiger charge is 2.25. The summed E-state index contributed by atoms with van der Waals surface area (Å²) >= 11 is 0. The van der Waals surface area contributed by atoms with Gasteiger partial charge < -0.3 is 10.6 Å². The highest BCUT2D eigenvalue weighted by Crippen LogP contribution is 2.24. The van der Waals surface area contributed by atoms with Gasteiger partial charge in [-0.15, -0.1) is 0 Å². The SMILES string of the molecule is Cc1nccc(-c2cccc(NC(=O)C(=O)N[C@@H]3CCCC[C@H]3C)c2)n1. The van der Waals surface area contributed by atoms with Crippen molar-refractivity contribution in [2.45, 2.75) is 45.6 Å². The van der Waals surface area contributed by atoms with Gasteiger partial charge in [-0.2, -0.15) is 0 Å². The van der Waals surface area contributed by atoms with E-state index in [1.165, 1.54) is 6.42 Å². The first-order valence-electron chi connectivity index (χ1n) is 9.05. The van der Waals surface area contributed by atoms with Gasteiger partial charge in [-0.05, 0) is 43.9 Å². The number of nitrogens with one attached hydrogen (secondary N) is 2. The lowest BCUT2D eigenvalue weighted by Crippen LogP contribution is -2.45. The summed E-state index contributed by atoms with van der Waals surface area (Å²) in [7, 11) is 0. The van der Waals surface area contributed by atoms with Crippen molar-refractivity contribution in [2.75, 3.05) is 5.32 Å². The highest BCUT2D eigenvalue weighted by atomic mass is 16.2. The molecule has 6 heteroatoms.